The number of nitrogens with zero attached hydrogens (tertiary/aromatic N) is 3. The summed E-state index contributed by atoms with van der Waals surface area (Å²) in [5.74, 6) is 1.19. The summed E-state index contributed by atoms with van der Waals surface area (Å²) in [6.45, 7) is 21.7. The van der Waals surface area contributed by atoms with Gasteiger partial charge in [0.2, 0.25) is 5.88 Å². The van der Waals surface area contributed by atoms with E-state index in [0.29, 0.717) is 45.5 Å². The average molecular weight is 941 g/mol. The molecule has 2 aliphatic heterocycles. The first-order valence-corrected chi connectivity index (χ1v) is 24.6. The summed E-state index contributed by atoms with van der Waals surface area (Å²) in [5.41, 5.74) is 2.33. The molecule has 14 heteroatoms. The van der Waals surface area contributed by atoms with Crippen molar-refractivity contribution in [3.63, 3.8) is 0 Å². The van der Waals surface area contributed by atoms with Gasteiger partial charge in [-0.2, -0.15) is 0 Å². The summed E-state index contributed by atoms with van der Waals surface area (Å²) in [4.78, 5) is 47.3. The van der Waals surface area contributed by atoms with Crippen LogP contribution in [0.3, 0.4) is 0 Å². The van der Waals surface area contributed by atoms with Crippen molar-refractivity contribution in [1.29, 1.82) is 0 Å². The number of amides is 2. The molecule has 0 aliphatic carbocycles. The molecule has 0 unspecified atom stereocenters. The molecule has 8 aromatic heterocycles. The fourth-order valence-electron chi connectivity index (χ4n) is 8.46. The van der Waals surface area contributed by atoms with E-state index in [1.165, 1.54) is 9.75 Å². The number of hydrogen-bond donors (Lipinski definition) is 3. The maximum atomic E-state index is 13.8. The van der Waals surface area contributed by atoms with E-state index in [1.807, 2.05) is 51.1 Å². The van der Waals surface area contributed by atoms with Crippen molar-refractivity contribution >= 4 is 68.6 Å². The van der Waals surface area contributed by atoms with Crippen molar-refractivity contribution in [2.24, 2.45) is 17.0 Å². The number of furan rings is 2. The first-order chi connectivity index (χ1) is 30.5. The number of aromatic hydroxyl groups is 2. The van der Waals surface area contributed by atoms with Gasteiger partial charge in [-0.1, -0.05) is 69.2 Å². The van der Waals surface area contributed by atoms with Crippen LogP contribution in [-0.2, 0) is 28.7 Å². The molecular formula is C51H48N4O6S4. The van der Waals surface area contributed by atoms with Crippen LogP contribution in [0.5, 0.6) is 11.8 Å². The van der Waals surface area contributed by atoms with E-state index in [1.54, 1.807) is 69.1 Å². The second kappa shape index (κ2) is 14.6. The molecule has 0 saturated heterocycles. The summed E-state index contributed by atoms with van der Waals surface area (Å²) >= 11 is 6.61. The maximum absolute atomic E-state index is 13.8. The molecule has 10 heterocycles. The number of nitrogens with one attached hydrogen (secondary N) is 1. The largest absolute Gasteiger partial charge is 0.494 e. The summed E-state index contributed by atoms with van der Waals surface area (Å²) in [7, 11) is 1.80. The Morgan fingerprint density at radius 2 is 1.06 bits per heavy atom. The molecule has 0 bridgehead atoms. The quantitative estimate of drug-likeness (QED) is 0.131. The Labute approximate surface area is 392 Å². The number of fused-ring (bicyclic) bond motifs is 2. The second-order valence-corrected chi connectivity index (χ2v) is 24.2. The minimum absolute atomic E-state index is 0.0210. The van der Waals surface area contributed by atoms with E-state index >= 15 is 0 Å². The van der Waals surface area contributed by atoms with Gasteiger partial charge in [-0.15, -0.1) is 45.3 Å². The molecule has 10 rings (SSSR count). The lowest BCUT2D eigenvalue weighted by Crippen LogP contribution is -2.39. The molecule has 3 N–H and O–H groups in total. The normalized spacial score (nSPS) is 14.4. The van der Waals surface area contributed by atoms with Crippen LogP contribution in [0, 0.1) is 0 Å². The lowest BCUT2D eigenvalue weighted by atomic mass is 9.66. The molecule has 2 aliphatic rings. The van der Waals surface area contributed by atoms with E-state index in [-0.39, 0.29) is 56.2 Å². The molecule has 2 amide bonds. The standard InChI is InChI=1S/C51H48N4O6S4/c1-48(2,3)32-20-14-26(61-32)41-37-36(44(56)53-41)40(52-45(37)57)25-13-12-24(60-25)27-17-22-34(63-27)50(7,8)51(9,10)35-23-19-31(65-35)43-39-38(47(59)55(43)11)42(54-46(39)58)30-16-15-28(62-30)29-18-21-33(64-29)49(4,5)6/h12-23,53,56,59H,1-11H3. The smallest absolute Gasteiger partial charge is 0.280 e. The number of carbonyl (C=O) groups excluding carboxylic acids is 2. The third kappa shape index (κ3) is 6.74. The highest BCUT2D eigenvalue weighted by atomic mass is 32.1. The van der Waals surface area contributed by atoms with Crippen LogP contribution in [0.15, 0.2) is 91.6 Å². The van der Waals surface area contributed by atoms with Gasteiger partial charge in [0.1, 0.15) is 17.2 Å². The number of carbonyl (C=O) groups is 2. The van der Waals surface area contributed by atoms with Crippen molar-refractivity contribution in [1.82, 2.24) is 9.55 Å². The predicted octanol–water partition coefficient (Wildman–Crippen LogP) is 13.7. The lowest BCUT2D eigenvalue weighted by molar-refractivity contribution is 0.0998. The Kier molecular flexibility index (Phi) is 9.68. The van der Waals surface area contributed by atoms with Crippen LogP contribution in [0.25, 0.3) is 42.4 Å². The van der Waals surface area contributed by atoms with Crippen LogP contribution >= 0.6 is 45.3 Å². The van der Waals surface area contributed by atoms with Gasteiger partial charge in [0.25, 0.3) is 11.8 Å². The molecule has 0 spiro atoms. The fraction of sp³-hybridized carbons (Fsp3) is 0.294. The molecule has 332 valence electrons. The van der Waals surface area contributed by atoms with Crippen LogP contribution in [0.2, 0.25) is 0 Å². The monoisotopic (exact) mass is 940 g/mol. The summed E-state index contributed by atoms with van der Waals surface area (Å²) in [6.07, 6.45) is 0. The van der Waals surface area contributed by atoms with Gasteiger partial charge in [0.15, 0.2) is 17.4 Å². The van der Waals surface area contributed by atoms with Gasteiger partial charge < -0.3 is 28.6 Å². The Morgan fingerprint density at radius 1 is 0.523 bits per heavy atom. The maximum Gasteiger partial charge on any atom is 0.280 e. The number of rotatable bonds is 9. The van der Waals surface area contributed by atoms with Crippen molar-refractivity contribution in [2.45, 2.75) is 90.9 Å². The topological polar surface area (TPSA) is 146 Å². The molecule has 0 fully saturated rings. The minimum atomic E-state index is -0.484. The highest BCUT2D eigenvalue weighted by Crippen LogP contribution is 2.52. The fourth-order valence-corrected chi connectivity index (χ4v) is 13.2. The minimum Gasteiger partial charge on any atom is -0.494 e. The van der Waals surface area contributed by atoms with Crippen LogP contribution in [0.4, 0.5) is 0 Å². The summed E-state index contributed by atoms with van der Waals surface area (Å²) < 4.78 is 14.2. The SMILES string of the molecule is Cn1c(O)c2c(c1-c1ccc(C(C)(C)C(C)(C)c3ccc(-c4ccc(C5=NC(=O)c6c(-c7ccc(C(C)(C)C)o7)[nH]c(O)c65)o4)s3)s1)C(=O)N=C2c1ccc(-c2ccc(C(C)(C)C)s2)s1. The molecular weight excluding hydrogens is 893 g/mol. The van der Waals surface area contributed by atoms with Gasteiger partial charge >= 0.3 is 0 Å². The number of aromatic amines is 1. The zero-order valence-corrected chi connectivity index (χ0v) is 41.2. The Bertz CT molecular complexity index is 3330. The highest BCUT2D eigenvalue weighted by Gasteiger charge is 2.43. The molecule has 0 atom stereocenters. The van der Waals surface area contributed by atoms with Gasteiger partial charge in [0.05, 0.1) is 54.0 Å². The Balaban J connectivity index is 0.898. The predicted molar refractivity (Wildman–Crippen MR) is 264 cm³/mol. The second-order valence-electron chi connectivity index (χ2n) is 19.8. The van der Waals surface area contributed by atoms with E-state index in [0.717, 1.165) is 35.0 Å². The van der Waals surface area contributed by atoms with Crippen LogP contribution in [0.1, 0.15) is 132 Å². The van der Waals surface area contributed by atoms with E-state index in [2.05, 4.69) is 93.8 Å². The third-order valence-corrected chi connectivity index (χ3v) is 18.7. The molecule has 65 heavy (non-hydrogen) atoms. The zero-order valence-electron chi connectivity index (χ0n) is 37.9. The Hall–Kier alpha value is -5.80. The van der Waals surface area contributed by atoms with Crippen LogP contribution in [-0.4, -0.2) is 43.0 Å². The van der Waals surface area contributed by atoms with E-state index < -0.39 is 5.91 Å². The van der Waals surface area contributed by atoms with E-state index in [9.17, 15) is 19.8 Å². The molecule has 0 aromatic carbocycles. The summed E-state index contributed by atoms with van der Waals surface area (Å²) in [5, 5.41) is 22.7. The number of H-pyrrole nitrogens is 1. The molecule has 0 saturated carbocycles. The molecule has 8 aromatic rings. The average Bonchev–Trinajstić information content (AvgIpc) is 4.08. The highest BCUT2D eigenvalue weighted by molar-refractivity contribution is 7.23. The molecule has 10 nitrogen and oxygen atoms in total. The van der Waals surface area contributed by atoms with Gasteiger partial charge in [-0.3, -0.25) is 9.59 Å². The number of aromatic nitrogens is 2. The molecule has 0 radical (unpaired) electrons. The van der Waals surface area contributed by atoms with Crippen molar-refractivity contribution in [3.8, 4) is 54.2 Å². The lowest BCUT2D eigenvalue weighted by Gasteiger charge is -2.40. The van der Waals surface area contributed by atoms with Gasteiger partial charge in [-0.25, -0.2) is 9.98 Å². The zero-order chi connectivity index (χ0) is 46.3. The van der Waals surface area contributed by atoms with Crippen molar-refractivity contribution in [2.75, 3.05) is 0 Å². The first kappa shape index (κ1) is 43.1. The third-order valence-electron chi connectivity index (χ3n) is 13.0. The Morgan fingerprint density at radius 3 is 1.72 bits per heavy atom. The first-order valence-electron chi connectivity index (χ1n) is 21.3. The number of thiophene rings is 4. The summed E-state index contributed by atoms with van der Waals surface area (Å²) in [6, 6.07) is 24.0. The number of hydrogen-bond acceptors (Lipinski definition) is 10. The van der Waals surface area contributed by atoms with Crippen molar-refractivity contribution < 1.29 is 28.6 Å². The van der Waals surface area contributed by atoms with E-state index in [4.69, 9.17) is 8.83 Å². The van der Waals surface area contributed by atoms with Gasteiger partial charge in [0, 0.05) is 47.7 Å². The van der Waals surface area contributed by atoms with Crippen molar-refractivity contribution in [3.05, 3.63) is 126 Å². The number of aliphatic imine (C=N–C) groups is 2. The van der Waals surface area contributed by atoms with Gasteiger partial charge in [-0.05, 0) is 78.2 Å². The van der Waals surface area contributed by atoms with Crippen LogP contribution < -0.4 is 0 Å².